The number of ether oxygens (including phenoxy) is 1. The molecule has 0 aromatic heterocycles. The minimum Gasteiger partial charge on any atom is -0.492 e. The van der Waals surface area contributed by atoms with Crippen LogP contribution < -0.4 is 10.1 Å². The van der Waals surface area contributed by atoms with Gasteiger partial charge in [0.15, 0.2) is 0 Å². The van der Waals surface area contributed by atoms with Gasteiger partial charge in [-0.1, -0.05) is 75.4 Å². The van der Waals surface area contributed by atoms with Crippen molar-refractivity contribution >= 4 is 27.2 Å². The highest BCUT2D eigenvalue weighted by Crippen LogP contribution is 2.33. The summed E-state index contributed by atoms with van der Waals surface area (Å²) in [6.07, 6.45) is 1.10. The van der Waals surface area contributed by atoms with E-state index in [0.717, 1.165) is 38.3 Å². The number of fused-ring (bicyclic) bond motifs is 2. The number of anilines is 1. The molecule has 0 aliphatic heterocycles. The summed E-state index contributed by atoms with van der Waals surface area (Å²) in [5.41, 5.74) is 4.02. The van der Waals surface area contributed by atoms with Gasteiger partial charge < -0.3 is 19.9 Å². The average molecular weight is 512 g/mol. The molecule has 4 aromatic rings. The molecule has 0 aliphatic carbocycles. The summed E-state index contributed by atoms with van der Waals surface area (Å²) in [5, 5.41) is 8.80. The normalized spacial score (nSPS) is 12.7. The lowest BCUT2D eigenvalue weighted by atomic mass is 9.91. The molecular weight excluding hydrogens is 466 g/mol. The van der Waals surface area contributed by atoms with Crippen molar-refractivity contribution in [2.24, 2.45) is 0 Å². The van der Waals surface area contributed by atoms with Gasteiger partial charge in [-0.05, 0) is 91.4 Å². The second kappa shape index (κ2) is 13.1. The molecule has 4 aromatic carbocycles. The third kappa shape index (κ3) is 7.06. The predicted octanol–water partition coefficient (Wildman–Crippen LogP) is 7.59. The van der Waals surface area contributed by atoms with Crippen molar-refractivity contribution in [3.8, 4) is 5.75 Å². The SMILES string of the molecule is CC(C)c1ccc(OCCN(C)CCC(C)c2cc(NCCN(C)C)cc3ccccc23)c2ccccc12. The molecular formula is C34H45N3O. The zero-order valence-corrected chi connectivity index (χ0v) is 24.1. The van der Waals surface area contributed by atoms with Crippen molar-refractivity contribution in [2.45, 2.75) is 39.0 Å². The van der Waals surface area contributed by atoms with Crippen LogP contribution in [0.15, 0.2) is 72.8 Å². The van der Waals surface area contributed by atoms with E-state index in [9.17, 15) is 0 Å². The van der Waals surface area contributed by atoms with E-state index in [4.69, 9.17) is 4.74 Å². The van der Waals surface area contributed by atoms with Gasteiger partial charge in [0.1, 0.15) is 12.4 Å². The maximum atomic E-state index is 6.29. The first-order chi connectivity index (χ1) is 18.3. The summed E-state index contributed by atoms with van der Waals surface area (Å²) in [6, 6.07) is 26.4. The lowest BCUT2D eigenvalue weighted by Gasteiger charge is -2.22. The molecule has 0 heterocycles. The molecule has 1 N–H and O–H groups in total. The first-order valence-electron chi connectivity index (χ1n) is 14.1. The highest BCUT2D eigenvalue weighted by atomic mass is 16.5. The Morgan fingerprint density at radius 1 is 0.737 bits per heavy atom. The molecule has 0 saturated carbocycles. The molecule has 0 radical (unpaired) electrons. The third-order valence-electron chi connectivity index (χ3n) is 7.53. The van der Waals surface area contributed by atoms with Gasteiger partial charge in [0.2, 0.25) is 0 Å². The van der Waals surface area contributed by atoms with Crippen LogP contribution in [0.3, 0.4) is 0 Å². The molecule has 1 unspecified atom stereocenters. The van der Waals surface area contributed by atoms with Crippen LogP contribution in [0.4, 0.5) is 5.69 Å². The zero-order valence-electron chi connectivity index (χ0n) is 24.1. The van der Waals surface area contributed by atoms with E-state index < -0.39 is 0 Å². The maximum absolute atomic E-state index is 6.29. The van der Waals surface area contributed by atoms with Crippen molar-refractivity contribution in [3.63, 3.8) is 0 Å². The molecule has 0 aliphatic rings. The average Bonchev–Trinajstić information content (AvgIpc) is 2.91. The van der Waals surface area contributed by atoms with E-state index in [1.54, 1.807) is 0 Å². The highest BCUT2D eigenvalue weighted by Gasteiger charge is 2.13. The molecule has 4 rings (SSSR count). The Bertz CT molecular complexity index is 1330. The summed E-state index contributed by atoms with van der Waals surface area (Å²) in [5.74, 6) is 1.94. The van der Waals surface area contributed by atoms with E-state index in [0.29, 0.717) is 18.4 Å². The van der Waals surface area contributed by atoms with Gasteiger partial charge in [-0.3, -0.25) is 0 Å². The van der Waals surface area contributed by atoms with Crippen LogP contribution in [-0.4, -0.2) is 63.7 Å². The Balaban J connectivity index is 1.35. The van der Waals surface area contributed by atoms with E-state index in [1.807, 2.05) is 0 Å². The number of likely N-dealkylation sites (N-methyl/N-ethyl adjacent to an activating group) is 2. The summed E-state index contributed by atoms with van der Waals surface area (Å²) < 4.78 is 6.29. The minimum absolute atomic E-state index is 0.464. The first-order valence-corrected chi connectivity index (χ1v) is 14.1. The number of rotatable bonds is 13. The van der Waals surface area contributed by atoms with E-state index >= 15 is 0 Å². The predicted molar refractivity (Wildman–Crippen MR) is 165 cm³/mol. The number of nitrogens with zero attached hydrogens (tertiary/aromatic N) is 2. The lowest BCUT2D eigenvalue weighted by Crippen LogP contribution is -2.26. The van der Waals surface area contributed by atoms with Crippen molar-refractivity contribution in [2.75, 3.05) is 59.2 Å². The Morgan fingerprint density at radius 3 is 2.18 bits per heavy atom. The van der Waals surface area contributed by atoms with Crippen molar-refractivity contribution in [3.05, 3.63) is 83.9 Å². The standard InChI is InChI=1S/C34H45N3O/c1-25(2)29-15-16-34(32-14-10-9-13-31(29)32)38-22-21-37(6)19-17-26(3)33-24-28(35-18-20-36(4)5)23-27-11-7-8-12-30(27)33/h7-16,23-26,35H,17-22H2,1-6H3. The van der Waals surface area contributed by atoms with E-state index in [2.05, 4.69) is 130 Å². The van der Waals surface area contributed by atoms with E-state index in [1.165, 1.54) is 38.4 Å². The fourth-order valence-electron chi connectivity index (χ4n) is 5.19. The number of hydrogen-bond acceptors (Lipinski definition) is 4. The Kier molecular flexibility index (Phi) is 9.65. The second-order valence-electron chi connectivity index (χ2n) is 11.2. The smallest absolute Gasteiger partial charge is 0.127 e. The van der Waals surface area contributed by atoms with Gasteiger partial charge in [-0.2, -0.15) is 0 Å². The van der Waals surface area contributed by atoms with Crippen LogP contribution in [0.5, 0.6) is 5.75 Å². The summed E-state index contributed by atoms with van der Waals surface area (Å²) in [4.78, 5) is 4.60. The lowest BCUT2D eigenvalue weighted by molar-refractivity contribution is 0.235. The zero-order chi connectivity index (χ0) is 27.1. The van der Waals surface area contributed by atoms with Crippen LogP contribution in [0.1, 0.15) is 50.2 Å². The molecule has 0 amide bonds. The van der Waals surface area contributed by atoms with Crippen LogP contribution >= 0.6 is 0 Å². The van der Waals surface area contributed by atoms with Gasteiger partial charge in [0, 0.05) is 30.7 Å². The molecule has 0 bridgehead atoms. The van der Waals surface area contributed by atoms with Gasteiger partial charge >= 0.3 is 0 Å². The Labute approximate surface area is 229 Å². The molecule has 4 heteroatoms. The number of nitrogens with one attached hydrogen (secondary N) is 1. The van der Waals surface area contributed by atoms with Gasteiger partial charge in [0.05, 0.1) is 0 Å². The number of hydrogen-bond donors (Lipinski definition) is 1. The molecule has 38 heavy (non-hydrogen) atoms. The van der Waals surface area contributed by atoms with Crippen molar-refractivity contribution in [1.82, 2.24) is 9.80 Å². The fraction of sp³-hybridized carbons (Fsp3) is 0.412. The summed E-state index contributed by atoms with van der Waals surface area (Å²) in [7, 11) is 6.43. The monoisotopic (exact) mass is 511 g/mol. The van der Waals surface area contributed by atoms with E-state index in [-0.39, 0.29) is 0 Å². The Hall–Kier alpha value is -3.08. The van der Waals surface area contributed by atoms with Crippen molar-refractivity contribution < 1.29 is 4.74 Å². The molecule has 0 fully saturated rings. The summed E-state index contributed by atoms with van der Waals surface area (Å²) in [6.45, 7) is 11.4. The van der Waals surface area contributed by atoms with Crippen LogP contribution in [-0.2, 0) is 0 Å². The molecule has 0 spiro atoms. The summed E-state index contributed by atoms with van der Waals surface area (Å²) >= 11 is 0. The maximum Gasteiger partial charge on any atom is 0.127 e. The molecule has 0 saturated heterocycles. The largest absolute Gasteiger partial charge is 0.492 e. The molecule has 202 valence electrons. The third-order valence-corrected chi connectivity index (χ3v) is 7.53. The van der Waals surface area contributed by atoms with Crippen LogP contribution in [0.2, 0.25) is 0 Å². The second-order valence-corrected chi connectivity index (χ2v) is 11.2. The van der Waals surface area contributed by atoms with Crippen LogP contribution in [0, 0.1) is 0 Å². The van der Waals surface area contributed by atoms with Gasteiger partial charge in [0.25, 0.3) is 0 Å². The minimum atomic E-state index is 0.464. The van der Waals surface area contributed by atoms with Crippen molar-refractivity contribution in [1.29, 1.82) is 0 Å². The quantitative estimate of drug-likeness (QED) is 0.200. The molecule has 1 atom stereocenters. The first kappa shape index (κ1) is 27.9. The number of benzene rings is 4. The van der Waals surface area contributed by atoms with Crippen LogP contribution in [0.25, 0.3) is 21.5 Å². The van der Waals surface area contributed by atoms with Gasteiger partial charge in [-0.15, -0.1) is 0 Å². The van der Waals surface area contributed by atoms with Gasteiger partial charge in [-0.25, -0.2) is 0 Å². The highest BCUT2D eigenvalue weighted by molar-refractivity contribution is 5.91. The fourth-order valence-corrected chi connectivity index (χ4v) is 5.19. The Morgan fingerprint density at radius 2 is 1.45 bits per heavy atom. The topological polar surface area (TPSA) is 27.7 Å². The molecule has 4 nitrogen and oxygen atoms in total.